The zero-order valence-corrected chi connectivity index (χ0v) is 12.1. The minimum atomic E-state index is -0.126. The highest BCUT2D eigenvalue weighted by Gasteiger charge is 2.19. The fraction of sp³-hybridized carbons (Fsp3) is 0.375. The first-order valence-corrected chi connectivity index (χ1v) is 6.45. The monoisotopic (exact) mass is 261 g/mol. The maximum Gasteiger partial charge on any atom is 0.129 e. The molecular weight excluding hydrogens is 241 g/mol. The van der Waals surface area contributed by atoms with Crippen molar-refractivity contribution in [1.82, 2.24) is 5.32 Å². The summed E-state index contributed by atoms with van der Waals surface area (Å²) in [5.74, 6) is 1.67. The van der Waals surface area contributed by atoms with Gasteiger partial charge in [0.1, 0.15) is 17.3 Å². The number of furan rings is 1. The molecule has 1 N–H and O–H groups in total. The van der Waals surface area contributed by atoms with E-state index in [1.807, 2.05) is 39.1 Å². The van der Waals surface area contributed by atoms with Crippen LogP contribution in [0.5, 0.6) is 0 Å². The Morgan fingerprint density at radius 2 is 1.63 bits per heavy atom. The number of hydrogen-bond acceptors (Lipinski definition) is 2. The molecule has 0 aliphatic heterocycles. The van der Waals surface area contributed by atoms with Gasteiger partial charge in [0.05, 0.1) is 6.04 Å². The fourth-order valence-electron chi connectivity index (χ4n) is 2.58. The van der Waals surface area contributed by atoms with Crippen LogP contribution in [0.4, 0.5) is 4.39 Å². The molecule has 2 rings (SSSR count). The zero-order valence-electron chi connectivity index (χ0n) is 12.1. The highest BCUT2D eigenvalue weighted by atomic mass is 19.1. The molecule has 19 heavy (non-hydrogen) atoms. The highest BCUT2D eigenvalue weighted by Crippen LogP contribution is 2.29. The molecule has 0 aliphatic rings. The van der Waals surface area contributed by atoms with Gasteiger partial charge in [-0.15, -0.1) is 0 Å². The summed E-state index contributed by atoms with van der Waals surface area (Å²) in [6, 6.07) is 5.84. The summed E-state index contributed by atoms with van der Waals surface area (Å²) < 4.78 is 19.3. The lowest BCUT2D eigenvalue weighted by Gasteiger charge is -2.18. The Morgan fingerprint density at radius 3 is 2.05 bits per heavy atom. The predicted molar refractivity (Wildman–Crippen MR) is 75.0 cm³/mol. The summed E-state index contributed by atoms with van der Waals surface area (Å²) in [7, 11) is 1.90. The van der Waals surface area contributed by atoms with Crippen LogP contribution >= 0.6 is 0 Å². The maximum atomic E-state index is 13.7. The third-order valence-electron chi connectivity index (χ3n) is 3.47. The lowest BCUT2D eigenvalue weighted by molar-refractivity contribution is 0.496. The van der Waals surface area contributed by atoms with E-state index in [1.54, 1.807) is 13.8 Å². The van der Waals surface area contributed by atoms with E-state index in [4.69, 9.17) is 4.42 Å². The van der Waals surface area contributed by atoms with E-state index >= 15 is 0 Å². The summed E-state index contributed by atoms with van der Waals surface area (Å²) in [4.78, 5) is 0. The van der Waals surface area contributed by atoms with Gasteiger partial charge in [-0.05, 0) is 57.5 Å². The largest absolute Gasteiger partial charge is 0.466 e. The molecule has 2 nitrogen and oxygen atoms in total. The third-order valence-corrected chi connectivity index (χ3v) is 3.47. The molecule has 0 spiro atoms. The molecule has 102 valence electrons. The Morgan fingerprint density at radius 1 is 1.05 bits per heavy atom. The minimum Gasteiger partial charge on any atom is -0.466 e. The molecule has 0 fully saturated rings. The van der Waals surface area contributed by atoms with Gasteiger partial charge in [0.2, 0.25) is 0 Å². The molecule has 1 atom stereocenters. The lowest BCUT2D eigenvalue weighted by atomic mass is 9.95. The Hall–Kier alpha value is -1.61. The number of hydrogen-bond donors (Lipinski definition) is 1. The van der Waals surface area contributed by atoms with Crippen LogP contribution in [0.2, 0.25) is 0 Å². The quantitative estimate of drug-likeness (QED) is 0.904. The van der Waals surface area contributed by atoms with Gasteiger partial charge in [-0.25, -0.2) is 4.39 Å². The molecule has 0 radical (unpaired) electrons. The van der Waals surface area contributed by atoms with Crippen LogP contribution in [0.15, 0.2) is 22.6 Å². The summed E-state index contributed by atoms with van der Waals surface area (Å²) in [5.41, 5.74) is 3.51. The van der Waals surface area contributed by atoms with E-state index < -0.39 is 0 Å². The van der Waals surface area contributed by atoms with Gasteiger partial charge in [0, 0.05) is 5.56 Å². The Kier molecular flexibility index (Phi) is 3.76. The molecule has 2 aromatic rings. The number of rotatable bonds is 3. The van der Waals surface area contributed by atoms with Gasteiger partial charge in [0.25, 0.3) is 0 Å². The normalized spacial score (nSPS) is 12.7. The van der Waals surface area contributed by atoms with Gasteiger partial charge in [-0.1, -0.05) is 12.1 Å². The SMILES string of the molecule is CNC(c1cc(C)c(F)c(C)c1)c1cc(C)oc1C. The van der Waals surface area contributed by atoms with Crippen LogP contribution in [0, 0.1) is 33.5 Å². The first kappa shape index (κ1) is 13.8. The van der Waals surface area contributed by atoms with Crippen molar-refractivity contribution in [1.29, 1.82) is 0 Å². The van der Waals surface area contributed by atoms with Gasteiger partial charge >= 0.3 is 0 Å². The van der Waals surface area contributed by atoms with E-state index in [1.165, 1.54) is 0 Å². The molecular formula is C16H20FNO. The molecule has 1 heterocycles. The first-order chi connectivity index (χ1) is 8.93. The number of aryl methyl sites for hydroxylation is 4. The minimum absolute atomic E-state index is 0.0236. The third kappa shape index (κ3) is 2.56. The Labute approximate surface area is 113 Å². The summed E-state index contributed by atoms with van der Waals surface area (Å²) in [6.45, 7) is 7.48. The van der Waals surface area contributed by atoms with E-state index in [-0.39, 0.29) is 11.9 Å². The van der Waals surface area contributed by atoms with E-state index in [0.717, 1.165) is 22.6 Å². The second kappa shape index (κ2) is 5.17. The topological polar surface area (TPSA) is 25.2 Å². The van der Waals surface area contributed by atoms with Crippen molar-refractivity contribution in [2.75, 3.05) is 7.05 Å². The smallest absolute Gasteiger partial charge is 0.129 e. The van der Waals surface area contributed by atoms with Crippen molar-refractivity contribution < 1.29 is 8.81 Å². The molecule has 1 aromatic carbocycles. The summed E-state index contributed by atoms with van der Waals surface area (Å²) in [6.07, 6.45) is 0. The van der Waals surface area contributed by atoms with Crippen LogP contribution < -0.4 is 5.32 Å². The van der Waals surface area contributed by atoms with Crippen molar-refractivity contribution in [2.24, 2.45) is 0 Å². The molecule has 0 saturated carbocycles. The van der Waals surface area contributed by atoms with Gasteiger partial charge in [0.15, 0.2) is 0 Å². The first-order valence-electron chi connectivity index (χ1n) is 6.45. The standard InChI is InChI=1S/C16H20FNO/c1-9-6-13(7-10(2)15(9)17)16(18-5)14-8-11(3)19-12(14)4/h6-8,16,18H,1-5H3. The molecule has 1 aromatic heterocycles. The van der Waals surface area contributed by atoms with Crippen molar-refractivity contribution in [2.45, 2.75) is 33.7 Å². The lowest BCUT2D eigenvalue weighted by Crippen LogP contribution is -2.18. The highest BCUT2D eigenvalue weighted by molar-refractivity contribution is 5.39. The number of benzene rings is 1. The molecule has 1 unspecified atom stereocenters. The Balaban J connectivity index is 2.51. The van der Waals surface area contributed by atoms with E-state index in [2.05, 4.69) is 5.32 Å². The average Bonchev–Trinajstić information content (AvgIpc) is 2.66. The van der Waals surface area contributed by atoms with E-state index in [9.17, 15) is 4.39 Å². The van der Waals surface area contributed by atoms with Crippen molar-refractivity contribution in [3.05, 3.63) is 57.8 Å². The molecule has 0 bridgehead atoms. The van der Waals surface area contributed by atoms with Crippen molar-refractivity contribution in [3.63, 3.8) is 0 Å². The van der Waals surface area contributed by atoms with Crippen LogP contribution in [0.3, 0.4) is 0 Å². The van der Waals surface area contributed by atoms with Gasteiger partial charge in [-0.2, -0.15) is 0 Å². The van der Waals surface area contributed by atoms with Crippen LogP contribution in [-0.2, 0) is 0 Å². The second-order valence-corrected chi connectivity index (χ2v) is 5.06. The van der Waals surface area contributed by atoms with Gasteiger partial charge < -0.3 is 9.73 Å². The second-order valence-electron chi connectivity index (χ2n) is 5.06. The van der Waals surface area contributed by atoms with E-state index in [0.29, 0.717) is 11.1 Å². The number of nitrogens with one attached hydrogen (secondary N) is 1. The zero-order chi connectivity index (χ0) is 14.2. The molecule has 0 aliphatic carbocycles. The average molecular weight is 261 g/mol. The van der Waals surface area contributed by atoms with Crippen LogP contribution in [0.25, 0.3) is 0 Å². The summed E-state index contributed by atoms with van der Waals surface area (Å²) in [5, 5.41) is 3.28. The van der Waals surface area contributed by atoms with Crippen LogP contribution in [-0.4, -0.2) is 7.05 Å². The maximum absolute atomic E-state index is 13.7. The van der Waals surface area contributed by atoms with Crippen molar-refractivity contribution >= 4 is 0 Å². The number of halogens is 1. The molecule has 3 heteroatoms. The van der Waals surface area contributed by atoms with Crippen LogP contribution in [0.1, 0.15) is 39.8 Å². The Bertz CT molecular complexity index is 578. The molecule has 0 saturated heterocycles. The fourth-order valence-corrected chi connectivity index (χ4v) is 2.58. The van der Waals surface area contributed by atoms with Crippen molar-refractivity contribution in [3.8, 4) is 0 Å². The predicted octanol–water partition coefficient (Wildman–Crippen LogP) is 3.96. The summed E-state index contributed by atoms with van der Waals surface area (Å²) >= 11 is 0. The molecule has 0 amide bonds. The van der Waals surface area contributed by atoms with Gasteiger partial charge in [-0.3, -0.25) is 0 Å².